The molecule has 0 saturated heterocycles. The summed E-state index contributed by atoms with van der Waals surface area (Å²) in [6, 6.07) is 66.8. The second-order valence-electron chi connectivity index (χ2n) is 17.7. The lowest BCUT2D eigenvalue weighted by molar-refractivity contribution is 0.660. The third-order valence-corrected chi connectivity index (χ3v) is 13.7. The molecule has 0 amide bonds. The monoisotopic (exact) mass is 766 g/mol. The molecule has 0 saturated carbocycles. The SMILES string of the molecule is CC1(C)c2ccccc2-c2ccc(-c3cc4c(cc(-c5ccc6c(c5)C(C)(C)c5ccccc5-6)c5ccc(-c6ccccc6)nc54)c4nc(-c5ccccc5)ccc34)cc21. The van der Waals surface area contributed by atoms with Gasteiger partial charge in [0.15, 0.2) is 0 Å². The molecule has 2 aliphatic rings. The molecule has 2 heteroatoms. The molecule has 2 nitrogen and oxygen atoms in total. The van der Waals surface area contributed by atoms with Gasteiger partial charge in [-0.2, -0.15) is 0 Å². The molecule has 2 aromatic heterocycles. The van der Waals surface area contributed by atoms with Gasteiger partial charge in [0.25, 0.3) is 0 Å². The third kappa shape index (κ3) is 5.01. The van der Waals surface area contributed by atoms with Crippen LogP contribution in [0.3, 0.4) is 0 Å². The summed E-state index contributed by atoms with van der Waals surface area (Å²) in [6.07, 6.45) is 0. The fourth-order valence-electron chi connectivity index (χ4n) is 10.5. The molecule has 0 unspecified atom stereocenters. The van der Waals surface area contributed by atoms with Crippen LogP contribution in [0.15, 0.2) is 182 Å². The lowest BCUT2D eigenvalue weighted by atomic mass is 9.81. The number of nitrogens with zero attached hydrogens (tertiary/aromatic N) is 2. The van der Waals surface area contributed by atoms with E-state index in [9.17, 15) is 0 Å². The van der Waals surface area contributed by atoms with Gasteiger partial charge in [-0.25, -0.2) is 9.97 Å². The first-order valence-electron chi connectivity index (χ1n) is 21.1. The Morgan fingerprint density at radius 2 is 0.667 bits per heavy atom. The highest BCUT2D eigenvalue weighted by molar-refractivity contribution is 6.22. The predicted molar refractivity (Wildman–Crippen MR) is 251 cm³/mol. The van der Waals surface area contributed by atoms with Gasteiger partial charge in [-0.15, -0.1) is 0 Å². The zero-order chi connectivity index (χ0) is 40.3. The molecule has 2 aliphatic carbocycles. The Morgan fingerprint density at radius 3 is 1.10 bits per heavy atom. The number of aromatic nitrogens is 2. The van der Waals surface area contributed by atoms with Crippen molar-refractivity contribution < 1.29 is 0 Å². The van der Waals surface area contributed by atoms with Crippen LogP contribution < -0.4 is 0 Å². The summed E-state index contributed by atoms with van der Waals surface area (Å²) in [4.78, 5) is 11.2. The number of rotatable bonds is 4. The zero-order valence-corrected chi connectivity index (χ0v) is 34.2. The Morgan fingerprint density at radius 1 is 0.283 bits per heavy atom. The molecule has 0 aliphatic heterocycles. The van der Waals surface area contributed by atoms with Crippen molar-refractivity contribution in [2.75, 3.05) is 0 Å². The first-order valence-corrected chi connectivity index (χ1v) is 21.1. The first-order chi connectivity index (χ1) is 29.3. The number of hydrogen-bond donors (Lipinski definition) is 0. The highest BCUT2D eigenvalue weighted by atomic mass is 14.7. The van der Waals surface area contributed by atoms with E-state index in [1.54, 1.807) is 0 Å². The van der Waals surface area contributed by atoms with E-state index in [1.165, 1.54) is 55.6 Å². The zero-order valence-electron chi connectivity index (χ0n) is 34.2. The largest absolute Gasteiger partial charge is 0.247 e. The molecule has 0 bridgehead atoms. The van der Waals surface area contributed by atoms with Gasteiger partial charge < -0.3 is 0 Å². The molecule has 2 heterocycles. The van der Waals surface area contributed by atoms with E-state index < -0.39 is 0 Å². The van der Waals surface area contributed by atoms with E-state index >= 15 is 0 Å². The first kappa shape index (κ1) is 34.8. The highest BCUT2D eigenvalue weighted by Crippen LogP contribution is 2.52. The van der Waals surface area contributed by atoms with Crippen molar-refractivity contribution in [2.24, 2.45) is 0 Å². The maximum Gasteiger partial charge on any atom is 0.0795 e. The van der Waals surface area contributed by atoms with Gasteiger partial charge in [0.05, 0.1) is 22.4 Å². The molecule has 0 atom stereocenters. The van der Waals surface area contributed by atoms with Gasteiger partial charge in [-0.3, -0.25) is 0 Å². The van der Waals surface area contributed by atoms with Crippen molar-refractivity contribution in [2.45, 2.75) is 38.5 Å². The number of hydrogen-bond acceptors (Lipinski definition) is 2. The smallest absolute Gasteiger partial charge is 0.0795 e. The Bertz CT molecular complexity index is 3180. The second kappa shape index (κ2) is 12.7. The summed E-state index contributed by atoms with van der Waals surface area (Å²) in [5.41, 5.74) is 21.3. The summed E-state index contributed by atoms with van der Waals surface area (Å²) in [7, 11) is 0. The van der Waals surface area contributed by atoms with Crippen molar-refractivity contribution in [1.82, 2.24) is 9.97 Å². The molecular formula is C58H42N2. The molecule has 8 aromatic carbocycles. The van der Waals surface area contributed by atoms with E-state index in [2.05, 4.69) is 210 Å². The third-order valence-electron chi connectivity index (χ3n) is 13.7. The molecule has 284 valence electrons. The Labute approximate surface area is 350 Å². The lowest BCUT2D eigenvalue weighted by Crippen LogP contribution is -2.14. The molecule has 0 N–H and O–H groups in total. The molecule has 0 radical (unpaired) electrons. The van der Waals surface area contributed by atoms with Crippen LogP contribution in [0.1, 0.15) is 49.9 Å². The van der Waals surface area contributed by atoms with Crippen LogP contribution >= 0.6 is 0 Å². The Hall–Kier alpha value is -7.16. The lowest BCUT2D eigenvalue weighted by Gasteiger charge is -2.23. The minimum atomic E-state index is -0.118. The number of pyridine rings is 2. The van der Waals surface area contributed by atoms with Crippen molar-refractivity contribution in [1.29, 1.82) is 0 Å². The van der Waals surface area contributed by atoms with Crippen LogP contribution in [0.2, 0.25) is 0 Å². The van der Waals surface area contributed by atoms with Crippen LogP contribution in [-0.4, -0.2) is 9.97 Å². The summed E-state index contributed by atoms with van der Waals surface area (Å²) >= 11 is 0. The van der Waals surface area contributed by atoms with Gasteiger partial charge in [-0.05, 0) is 115 Å². The molecular weight excluding hydrogens is 725 g/mol. The van der Waals surface area contributed by atoms with Gasteiger partial charge in [0, 0.05) is 43.5 Å². The fourth-order valence-corrected chi connectivity index (χ4v) is 10.5. The number of fused-ring (bicyclic) bond motifs is 11. The fraction of sp³-hybridized carbons (Fsp3) is 0.103. The van der Waals surface area contributed by atoms with Crippen molar-refractivity contribution in [3.63, 3.8) is 0 Å². The molecule has 12 rings (SSSR count). The van der Waals surface area contributed by atoms with Gasteiger partial charge >= 0.3 is 0 Å². The Kier molecular flexibility index (Phi) is 7.36. The summed E-state index contributed by atoms with van der Waals surface area (Å²) < 4.78 is 0. The maximum atomic E-state index is 5.60. The van der Waals surface area contributed by atoms with Crippen LogP contribution in [0, 0.1) is 0 Å². The molecule has 10 aromatic rings. The Balaban J connectivity index is 1.17. The van der Waals surface area contributed by atoms with E-state index in [1.807, 2.05) is 0 Å². The molecule has 0 spiro atoms. The van der Waals surface area contributed by atoms with E-state index in [4.69, 9.17) is 9.97 Å². The summed E-state index contributed by atoms with van der Waals surface area (Å²) in [5, 5.41) is 4.46. The van der Waals surface area contributed by atoms with Crippen molar-refractivity contribution in [3.8, 4) is 67.0 Å². The van der Waals surface area contributed by atoms with Gasteiger partial charge in [0.1, 0.15) is 0 Å². The average Bonchev–Trinajstić information content (AvgIpc) is 3.67. The summed E-state index contributed by atoms with van der Waals surface area (Å²) in [5.74, 6) is 0. The minimum absolute atomic E-state index is 0.118. The second-order valence-corrected chi connectivity index (χ2v) is 17.7. The van der Waals surface area contributed by atoms with Crippen molar-refractivity contribution in [3.05, 3.63) is 204 Å². The predicted octanol–water partition coefficient (Wildman–Crippen LogP) is 15.2. The van der Waals surface area contributed by atoms with E-state index in [0.717, 1.165) is 66.2 Å². The van der Waals surface area contributed by atoms with Crippen molar-refractivity contribution >= 4 is 32.6 Å². The number of benzene rings is 8. The van der Waals surface area contributed by atoms with Crippen LogP contribution in [0.5, 0.6) is 0 Å². The molecule has 60 heavy (non-hydrogen) atoms. The van der Waals surface area contributed by atoms with Crippen LogP contribution in [-0.2, 0) is 10.8 Å². The topological polar surface area (TPSA) is 25.8 Å². The van der Waals surface area contributed by atoms with E-state index in [-0.39, 0.29) is 10.8 Å². The molecule has 0 fully saturated rings. The van der Waals surface area contributed by atoms with Gasteiger partial charge in [-0.1, -0.05) is 161 Å². The quantitative estimate of drug-likeness (QED) is 0.167. The standard InChI is InChI=1S/C58H42N2/c1-57(2)49-21-13-11-19-39(49)41-25-23-37(31-51(41)57)45-33-47-48(55-43(45)27-29-53(59-55)35-15-7-5-8-16-35)34-46(44-28-30-54(60-56(44)47)36-17-9-6-10-18-36)38-24-26-42-40-20-12-14-22-50(40)58(3,4)52(42)32-38/h5-34H,1-4H3. The normalized spacial score (nSPS) is 14.3. The van der Waals surface area contributed by atoms with Gasteiger partial charge in [0.2, 0.25) is 0 Å². The minimum Gasteiger partial charge on any atom is -0.247 e. The van der Waals surface area contributed by atoms with E-state index in [0.29, 0.717) is 0 Å². The van der Waals surface area contributed by atoms with Crippen LogP contribution in [0.4, 0.5) is 0 Å². The average molecular weight is 767 g/mol. The maximum absolute atomic E-state index is 5.60. The van der Waals surface area contributed by atoms with Crippen LogP contribution in [0.25, 0.3) is 99.6 Å². The highest BCUT2D eigenvalue weighted by Gasteiger charge is 2.37. The summed E-state index contributed by atoms with van der Waals surface area (Å²) in [6.45, 7) is 9.43.